The molecule has 2 rings (SSSR count). The third kappa shape index (κ3) is 0.865. The lowest BCUT2D eigenvalue weighted by molar-refractivity contribution is 0.291. The highest BCUT2D eigenvalue weighted by molar-refractivity contribution is 7.14. The lowest BCUT2D eigenvalue weighted by atomic mass is 10.2. The van der Waals surface area contributed by atoms with E-state index in [4.69, 9.17) is 9.84 Å². The van der Waals surface area contributed by atoms with E-state index >= 15 is 0 Å². The highest BCUT2D eigenvalue weighted by Gasteiger charge is 2.13. The molecule has 0 aliphatic carbocycles. The first-order valence-corrected chi connectivity index (χ1v) is 4.12. The number of hydrogen-bond acceptors (Lipinski definition) is 3. The molecule has 0 atom stereocenters. The van der Waals surface area contributed by atoms with Gasteiger partial charge in [0.1, 0.15) is 5.75 Å². The van der Waals surface area contributed by atoms with E-state index in [1.807, 2.05) is 0 Å². The van der Waals surface area contributed by atoms with Crippen LogP contribution in [0.15, 0.2) is 6.07 Å². The van der Waals surface area contributed by atoms with Gasteiger partial charge in [-0.05, 0) is 12.8 Å². The van der Waals surface area contributed by atoms with Crippen LogP contribution in [-0.4, -0.2) is 11.7 Å². The maximum absolute atomic E-state index is 9.06. The molecular weight excluding hydrogens is 148 g/mol. The number of thiophene rings is 1. The second-order valence-electron chi connectivity index (χ2n) is 2.32. The standard InChI is InChI=1S/C7H8O2S/c8-7-4-5-6(10-7)2-1-3-9-5/h4,8H,1-3H2. The van der Waals surface area contributed by atoms with Crippen LogP contribution in [0.4, 0.5) is 0 Å². The first kappa shape index (κ1) is 6.04. The van der Waals surface area contributed by atoms with Gasteiger partial charge in [-0.25, -0.2) is 0 Å². The van der Waals surface area contributed by atoms with Crippen molar-refractivity contribution in [3.05, 3.63) is 10.9 Å². The monoisotopic (exact) mass is 156 g/mol. The molecule has 0 aromatic carbocycles. The number of rotatable bonds is 0. The summed E-state index contributed by atoms with van der Waals surface area (Å²) in [4.78, 5) is 1.18. The van der Waals surface area contributed by atoms with Crippen molar-refractivity contribution >= 4 is 11.3 Å². The normalized spacial score (nSPS) is 16.0. The lowest BCUT2D eigenvalue weighted by Crippen LogP contribution is -2.04. The van der Waals surface area contributed by atoms with Crippen LogP contribution in [0.25, 0.3) is 0 Å². The summed E-state index contributed by atoms with van der Waals surface area (Å²) >= 11 is 1.42. The zero-order chi connectivity index (χ0) is 6.97. The molecule has 3 heteroatoms. The van der Waals surface area contributed by atoms with Crippen LogP contribution in [0.2, 0.25) is 0 Å². The summed E-state index contributed by atoms with van der Waals surface area (Å²) in [5.41, 5.74) is 0. The van der Waals surface area contributed by atoms with E-state index in [1.165, 1.54) is 16.2 Å². The first-order valence-electron chi connectivity index (χ1n) is 3.31. The molecule has 0 spiro atoms. The predicted octanol–water partition coefficient (Wildman–Crippen LogP) is 1.78. The second-order valence-corrected chi connectivity index (χ2v) is 3.44. The zero-order valence-corrected chi connectivity index (χ0v) is 6.28. The van der Waals surface area contributed by atoms with Gasteiger partial charge in [-0.3, -0.25) is 0 Å². The van der Waals surface area contributed by atoms with Gasteiger partial charge < -0.3 is 9.84 Å². The number of aryl methyl sites for hydroxylation is 1. The fraction of sp³-hybridized carbons (Fsp3) is 0.429. The third-order valence-electron chi connectivity index (χ3n) is 1.56. The van der Waals surface area contributed by atoms with Gasteiger partial charge in [0.2, 0.25) is 0 Å². The lowest BCUT2D eigenvalue weighted by Gasteiger charge is -2.11. The number of ether oxygens (including phenoxy) is 1. The molecule has 2 heterocycles. The van der Waals surface area contributed by atoms with E-state index in [2.05, 4.69) is 0 Å². The maximum atomic E-state index is 9.06. The number of hydrogen-bond donors (Lipinski definition) is 1. The average Bonchev–Trinajstić information content (AvgIpc) is 2.27. The van der Waals surface area contributed by atoms with E-state index in [0.717, 1.165) is 25.2 Å². The SMILES string of the molecule is Oc1cc2c(s1)CCCO2. The van der Waals surface area contributed by atoms with Crippen molar-refractivity contribution < 1.29 is 9.84 Å². The van der Waals surface area contributed by atoms with Gasteiger partial charge in [-0.15, -0.1) is 11.3 Å². The second kappa shape index (κ2) is 2.16. The Bertz CT molecular complexity index is 218. The largest absolute Gasteiger partial charge is 0.499 e. The summed E-state index contributed by atoms with van der Waals surface area (Å²) in [5, 5.41) is 9.43. The van der Waals surface area contributed by atoms with Gasteiger partial charge in [0, 0.05) is 6.07 Å². The van der Waals surface area contributed by atoms with Crippen molar-refractivity contribution in [1.29, 1.82) is 0 Å². The Morgan fingerprint density at radius 3 is 3.30 bits per heavy atom. The topological polar surface area (TPSA) is 29.5 Å². The van der Waals surface area contributed by atoms with Crippen molar-refractivity contribution in [2.45, 2.75) is 12.8 Å². The molecule has 54 valence electrons. The highest BCUT2D eigenvalue weighted by Crippen LogP contribution is 2.36. The van der Waals surface area contributed by atoms with E-state index < -0.39 is 0 Å². The van der Waals surface area contributed by atoms with Crippen LogP contribution in [0.3, 0.4) is 0 Å². The van der Waals surface area contributed by atoms with Crippen LogP contribution < -0.4 is 4.74 Å². The summed E-state index contributed by atoms with van der Waals surface area (Å²) in [7, 11) is 0. The van der Waals surface area contributed by atoms with Crippen LogP contribution in [-0.2, 0) is 6.42 Å². The molecule has 1 aliphatic rings. The Labute approximate surface area is 63.1 Å². The van der Waals surface area contributed by atoms with Gasteiger partial charge in [0.05, 0.1) is 11.5 Å². The van der Waals surface area contributed by atoms with Gasteiger partial charge in [-0.2, -0.15) is 0 Å². The van der Waals surface area contributed by atoms with Crippen LogP contribution in [0.1, 0.15) is 11.3 Å². The molecule has 0 saturated carbocycles. The number of fused-ring (bicyclic) bond motifs is 1. The van der Waals surface area contributed by atoms with Gasteiger partial charge in [-0.1, -0.05) is 0 Å². The van der Waals surface area contributed by atoms with Gasteiger partial charge in [0.15, 0.2) is 5.06 Å². The Balaban J connectivity index is 2.41. The molecule has 0 fully saturated rings. The Hall–Kier alpha value is -0.700. The molecule has 0 unspecified atom stereocenters. The zero-order valence-electron chi connectivity index (χ0n) is 5.46. The average molecular weight is 156 g/mol. The van der Waals surface area contributed by atoms with Gasteiger partial charge in [0.25, 0.3) is 0 Å². The number of aromatic hydroxyl groups is 1. The first-order chi connectivity index (χ1) is 4.86. The van der Waals surface area contributed by atoms with Crippen molar-refractivity contribution in [2.75, 3.05) is 6.61 Å². The van der Waals surface area contributed by atoms with Crippen LogP contribution in [0.5, 0.6) is 10.8 Å². The molecule has 10 heavy (non-hydrogen) atoms. The predicted molar refractivity (Wildman–Crippen MR) is 39.8 cm³/mol. The van der Waals surface area contributed by atoms with Crippen molar-refractivity contribution in [2.24, 2.45) is 0 Å². The van der Waals surface area contributed by atoms with Crippen molar-refractivity contribution in [3.63, 3.8) is 0 Å². The molecule has 1 N–H and O–H groups in total. The Morgan fingerprint density at radius 1 is 1.60 bits per heavy atom. The quantitative estimate of drug-likeness (QED) is 0.620. The van der Waals surface area contributed by atoms with E-state index in [9.17, 15) is 0 Å². The molecule has 0 bridgehead atoms. The molecule has 0 saturated heterocycles. The van der Waals surface area contributed by atoms with Crippen LogP contribution >= 0.6 is 11.3 Å². The molecular formula is C7H8O2S. The molecule has 1 aromatic heterocycles. The Morgan fingerprint density at radius 2 is 2.50 bits per heavy atom. The van der Waals surface area contributed by atoms with E-state index in [-0.39, 0.29) is 0 Å². The molecule has 0 radical (unpaired) electrons. The highest BCUT2D eigenvalue weighted by atomic mass is 32.1. The molecule has 0 amide bonds. The minimum Gasteiger partial charge on any atom is -0.499 e. The summed E-state index contributed by atoms with van der Waals surface area (Å²) in [6.07, 6.45) is 2.13. The van der Waals surface area contributed by atoms with Gasteiger partial charge >= 0.3 is 0 Å². The summed E-state index contributed by atoms with van der Waals surface area (Å²) < 4.78 is 5.29. The summed E-state index contributed by atoms with van der Waals surface area (Å²) in [6, 6.07) is 1.69. The smallest absolute Gasteiger partial charge is 0.175 e. The maximum Gasteiger partial charge on any atom is 0.175 e. The minimum atomic E-state index is 0.368. The minimum absolute atomic E-state index is 0.368. The van der Waals surface area contributed by atoms with E-state index in [1.54, 1.807) is 6.07 Å². The van der Waals surface area contributed by atoms with Crippen molar-refractivity contribution in [1.82, 2.24) is 0 Å². The molecule has 1 aromatic rings. The fourth-order valence-corrected chi connectivity index (χ4v) is 1.99. The summed E-state index contributed by atoms with van der Waals surface area (Å²) in [6.45, 7) is 0.795. The molecule has 2 nitrogen and oxygen atoms in total. The Kier molecular flexibility index (Phi) is 1.31. The molecule has 1 aliphatic heterocycles. The van der Waals surface area contributed by atoms with E-state index in [0.29, 0.717) is 5.06 Å². The third-order valence-corrected chi connectivity index (χ3v) is 2.54. The summed E-state index contributed by atoms with van der Waals surface area (Å²) in [5.74, 6) is 0.883. The van der Waals surface area contributed by atoms with Crippen LogP contribution in [0, 0.1) is 0 Å². The van der Waals surface area contributed by atoms with Crippen molar-refractivity contribution in [3.8, 4) is 10.8 Å². The fourth-order valence-electron chi connectivity index (χ4n) is 1.11.